The number of nitrogens with one attached hydrogen (secondary N) is 1. The zero-order valence-electron chi connectivity index (χ0n) is 15.0. The summed E-state index contributed by atoms with van der Waals surface area (Å²) in [6.07, 6.45) is 6.79. The Morgan fingerprint density at radius 2 is 1.81 bits per heavy atom. The lowest BCUT2D eigenvalue weighted by molar-refractivity contribution is -0.142. The molecule has 1 aromatic rings. The average Bonchev–Trinajstić information content (AvgIpc) is 3.14. The number of carbonyl (C=O) groups excluding carboxylic acids is 1. The first-order chi connectivity index (χ1) is 12.5. The van der Waals surface area contributed by atoms with E-state index in [0.29, 0.717) is 32.2 Å². The van der Waals surface area contributed by atoms with Crippen LogP contribution >= 0.6 is 0 Å². The Morgan fingerprint density at radius 1 is 1.12 bits per heavy atom. The minimum atomic E-state index is -0.742. The van der Waals surface area contributed by atoms with Crippen LogP contribution in [0.2, 0.25) is 0 Å². The summed E-state index contributed by atoms with van der Waals surface area (Å²) in [5.41, 5.74) is 0.793. The van der Waals surface area contributed by atoms with Crippen molar-refractivity contribution in [3.05, 3.63) is 35.6 Å². The number of rotatable bonds is 5. The number of hydrogen-bond donors (Lipinski definition) is 2. The average molecular weight is 362 g/mol. The number of hydrogen-bond acceptors (Lipinski definition) is 2. The minimum Gasteiger partial charge on any atom is -0.481 e. The molecule has 0 radical (unpaired) electrons. The Hall–Kier alpha value is -2.11. The lowest BCUT2D eigenvalue weighted by atomic mass is 9.86. The normalized spacial score (nSPS) is 23.6. The fraction of sp³-hybridized carbons (Fsp3) is 0.600. The van der Waals surface area contributed by atoms with Crippen LogP contribution in [-0.4, -0.2) is 34.1 Å². The summed E-state index contributed by atoms with van der Waals surface area (Å²) in [7, 11) is 0. The van der Waals surface area contributed by atoms with Crippen molar-refractivity contribution in [1.82, 2.24) is 10.2 Å². The summed E-state index contributed by atoms with van der Waals surface area (Å²) in [6, 6.07) is 6.50. The van der Waals surface area contributed by atoms with E-state index in [0.717, 1.165) is 31.2 Å². The summed E-state index contributed by atoms with van der Waals surface area (Å²) in [5, 5.41) is 12.2. The molecule has 26 heavy (non-hydrogen) atoms. The number of halogens is 1. The highest BCUT2D eigenvalue weighted by atomic mass is 19.1. The van der Waals surface area contributed by atoms with Gasteiger partial charge in [0, 0.05) is 18.6 Å². The molecule has 2 amide bonds. The number of aliphatic carboxylic acids is 1. The largest absolute Gasteiger partial charge is 0.481 e. The molecule has 0 aliphatic heterocycles. The second-order valence-electron chi connectivity index (χ2n) is 7.53. The molecule has 0 aromatic heterocycles. The van der Waals surface area contributed by atoms with Gasteiger partial charge in [-0.15, -0.1) is 0 Å². The Kier molecular flexibility index (Phi) is 6.12. The third-order valence-electron chi connectivity index (χ3n) is 5.67. The zero-order chi connectivity index (χ0) is 18.5. The Balaban J connectivity index is 1.62. The molecule has 142 valence electrons. The van der Waals surface area contributed by atoms with Crippen LogP contribution in [0.3, 0.4) is 0 Å². The first-order valence-corrected chi connectivity index (χ1v) is 9.57. The first-order valence-electron chi connectivity index (χ1n) is 9.57. The molecule has 0 heterocycles. The Morgan fingerprint density at radius 3 is 2.42 bits per heavy atom. The number of nitrogens with zero attached hydrogens (tertiary/aromatic N) is 1. The van der Waals surface area contributed by atoms with Gasteiger partial charge >= 0.3 is 12.0 Å². The molecule has 5 nitrogen and oxygen atoms in total. The van der Waals surface area contributed by atoms with Gasteiger partial charge in [-0.2, -0.15) is 0 Å². The highest BCUT2D eigenvalue weighted by Crippen LogP contribution is 2.27. The van der Waals surface area contributed by atoms with Gasteiger partial charge in [-0.05, 0) is 56.2 Å². The second-order valence-corrected chi connectivity index (χ2v) is 7.53. The number of benzene rings is 1. The van der Waals surface area contributed by atoms with Crippen molar-refractivity contribution in [1.29, 1.82) is 0 Å². The van der Waals surface area contributed by atoms with Crippen LogP contribution in [0, 0.1) is 11.7 Å². The van der Waals surface area contributed by atoms with E-state index >= 15 is 0 Å². The molecular formula is C20H27FN2O3. The van der Waals surface area contributed by atoms with E-state index in [-0.39, 0.29) is 29.8 Å². The molecule has 2 saturated carbocycles. The molecule has 2 fully saturated rings. The van der Waals surface area contributed by atoms with Crippen molar-refractivity contribution in [2.45, 2.75) is 70.0 Å². The summed E-state index contributed by atoms with van der Waals surface area (Å²) in [5.74, 6) is -1.32. The topological polar surface area (TPSA) is 69.6 Å². The van der Waals surface area contributed by atoms with Gasteiger partial charge in [0.2, 0.25) is 0 Å². The van der Waals surface area contributed by atoms with Gasteiger partial charge in [-0.25, -0.2) is 9.18 Å². The quantitative estimate of drug-likeness (QED) is 0.834. The zero-order valence-corrected chi connectivity index (χ0v) is 15.0. The van der Waals surface area contributed by atoms with Crippen molar-refractivity contribution in [3.8, 4) is 0 Å². The molecule has 0 unspecified atom stereocenters. The molecule has 2 N–H and O–H groups in total. The molecular weight excluding hydrogens is 335 g/mol. The minimum absolute atomic E-state index is 0.0227. The monoisotopic (exact) mass is 362 g/mol. The lowest BCUT2D eigenvalue weighted by Gasteiger charge is -2.33. The predicted octanol–water partition coefficient (Wildman–Crippen LogP) is 3.92. The lowest BCUT2D eigenvalue weighted by Crippen LogP contribution is -2.49. The van der Waals surface area contributed by atoms with Crippen molar-refractivity contribution in [2.24, 2.45) is 5.92 Å². The Labute approximate surface area is 153 Å². The van der Waals surface area contributed by atoms with Gasteiger partial charge < -0.3 is 15.3 Å². The molecule has 1 aromatic carbocycles. The van der Waals surface area contributed by atoms with Gasteiger partial charge in [0.25, 0.3) is 0 Å². The Bertz CT molecular complexity index is 638. The van der Waals surface area contributed by atoms with E-state index in [1.165, 1.54) is 12.1 Å². The van der Waals surface area contributed by atoms with E-state index in [2.05, 4.69) is 5.32 Å². The number of amides is 2. The highest BCUT2D eigenvalue weighted by molar-refractivity contribution is 5.75. The molecule has 0 saturated heterocycles. The fourth-order valence-corrected chi connectivity index (χ4v) is 4.16. The predicted molar refractivity (Wildman–Crippen MR) is 96.1 cm³/mol. The van der Waals surface area contributed by atoms with E-state index in [1.807, 2.05) is 11.0 Å². The van der Waals surface area contributed by atoms with E-state index in [9.17, 15) is 14.0 Å². The maximum absolute atomic E-state index is 13.5. The van der Waals surface area contributed by atoms with Crippen LogP contribution < -0.4 is 5.32 Å². The smallest absolute Gasteiger partial charge is 0.318 e. The second kappa shape index (κ2) is 8.52. The van der Waals surface area contributed by atoms with Crippen molar-refractivity contribution in [3.63, 3.8) is 0 Å². The number of carbonyl (C=O) groups is 2. The van der Waals surface area contributed by atoms with Crippen LogP contribution in [0.1, 0.15) is 56.9 Å². The van der Waals surface area contributed by atoms with Crippen molar-refractivity contribution in [2.75, 3.05) is 0 Å². The van der Waals surface area contributed by atoms with Crippen LogP contribution in [0.4, 0.5) is 9.18 Å². The van der Waals surface area contributed by atoms with Crippen molar-refractivity contribution < 1.29 is 19.1 Å². The number of urea groups is 1. The first kappa shape index (κ1) is 18.7. The van der Waals surface area contributed by atoms with E-state index in [1.54, 1.807) is 6.07 Å². The highest BCUT2D eigenvalue weighted by Gasteiger charge is 2.31. The van der Waals surface area contributed by atoms with Crippen LogP contribution in [0.15, 0.2) is 24.3 Å². The molecule has 0 spiro atoms. The molecule has 2 aliphatic rings. The fourth-order valence-electron chi connectivity index (χ4n) is 4.16. The van der Waals surface area contributed by atoms with Crippen LogP contribution in [0.25, 0.3) is 0 Å². The van der Waals surface area contributed by atoms with Gasteiger partial charge in [0.05, 0.1) is 5.92 Å². The van der Waals surface area contributed by atoms with Gasteiger partial charge in [0.15, 0.2) is 0 Å². The summed E-state index contributed by atoms with van der Waals surface area (Å²) in [4.78, 5) is 25.8. The van der Waals surface area contributed by atoms with Crippen molar-refractivity contribution >= 4 is 12.0 Å². The summed E-state index contributed by atoms with van der Waals surface area (Å²) in [6.45, 7) is 0.402. The maximum Gasteiger partial charge on any atom is 0.318 e. The third-order valence-corrected chi connectivity index (χ3v) is 5.67. The maximum atomic E-state index is 13.5. The van der Waals surface area contributed by atoms with Gasteiger partial charge in [0.1, 0.15) is 5.82 Å². The van der Waals surface area contributed by atoms with Crippen LogP contribution in [0.5, 0.6) is 0 Å². The molecule has 0 atom stereocenters. The van der Waals surface area contributed by atoms with Gasteiger partial charge in [-0.3, -0.25) is 4.79 Å². The SMILES string of the molecule is O=C(O)C1CCC(NC(=O)N(Cc2cccc(F)c2)C2CCCC2)CC1. The molecule has 6 heteroatoms. The summed E-state index contributed by atoms with van der Waals surface area (Å²) < 4.78 is 13.5. The number of carboxylic acid groups (broad SMARTS) is 1. The molecule has 3 rings (SSSR count). The van der Waals surface area contributed by atoms with Gasteiger partial charge in [-0.1, -0.05) is 25.0 Å². The van der Waals surface area contributed by atoms with E-state index in [4.69, 9.17) is 5.11 Å². The number of carboxylic acids is 1. The van der Waals surface area contributed by atoms with E-state index < -0.39 is 5.97 Å². The molecule has 2 aliphatic carbocycles. The van der Waals surface area contributed by atoms with Crippen LogP contribution in [-0.2, 0) is 11.3 Å². The third kappa shape index (κ3) is 4.74. The molecule has 0 bridgehead atoms. The summed E-state index contributed by atoms with van der Waals surface area (Å²) >= 11 is 0. The standard InChI is InChI=1S/C20H27FN2O3/c21-16-5-3-4-14(12-16)13-23(18-6-1-2-7-18)20(26)22-17-10-8-15(9-11-17)19(24)25/h3-5,12,15,17-18H,1-2,6-11,13H2,(H,22,26)(H,24,25).